The van der Waals surface area contributed by atoms with Crippen LogP contribution >= 0.6 is 0 Å². The third kappa shape index (κ3) is 2.31. The van der Waals surface area contributed by atoms with Crippen molar-refractivity contribution < 1.29 is 4.74 Å². The van der Waals surface area contributed by atoms with Crippen molar-refractivity contribution in [3.05, 3.63) is 47.7 Å². The smallest absolute Gasteiger partial charge is 0.219 e. The van der Waals surface area contributed by atoms with Crippen molar-refractivity contribution in [3.63, 3.8) is 0 Å². The molecule has 2 rings (SSSR count). The van der Waals surface area contributed by atoms with Crippen molar-refractivity contribution in [1.29, 1.82) is 0 Å². The molecule has 0 saturated carbocycles. The third-order valence-electron chi connectivity index (χ3n) is 2.31. The average molecular weight is 214 g/mol. The summed E-state index contributed by atoms with van der Waals surface area (Å²) in [6, 6.07) is 9.39. The molecular weight excluding hydrogens is 200 g/mol. The zero-order valence-electron chi connectivity index (χ0n) is 9.40. The molecule has 2 N–H and O–H groups in total. The maximum absolute atomic E-state index is 5.70. The van der Waals surface area contributed by atoms with Gasteiger partial charge in [0.15, 0.2) is 0 Å². The molecule has 16 heavy (non-hydrogen) atoms. The SMILES string of the molecule is Cc1ccc(Oc2cc(N)ccc2C)nc1. The first kappa shape index (κ1) is 10.5. The number of ether oxygens (including phenoxy) is 1. The Balaban J connectivity index is 2.26. The van der Waals surface area contributed by atoms with Crippen LogP contribution in [-0.2, 0) is 0 Å². The van der Waals surface area contributed by atoms with Gasteiger partial charge in [0.1, 0.15) is 5.75 Å². The molecule has 0 amide bonds. The lowest BCUT2D eigenvalue weighted by Crippen LogP contribution is -1.92. The van der Waals surface area contributed by atoms with Gasteiger partial charge in [0.25, 0.3) is 0 Å². The number of nitrogen functional groups attached to an aromatic ring is 1. The molecule has 0 spiro atoms. The van der Waals surface area contributed by atoms with Crippen molar-refractivity contribution in [2.75, 3.05) is 5.73 Å². The molecular formula is C13H14N2O. The summed E-state index contributed by atoms with van der Waals surface area (Å²) < 4.78 is 5.65. The molecule has 0 aliphatic rings. The number of rotatable bonds is 2. The minimum atomic E-state index is 0.583. The molecule has 0 bridgehead atoms. The van der Waals surface area contributed by atoms with E-state index in [1.807, 2.05) is 38.1 Å². The Labute approximate surface area is 94.9 Å². The number of aromatic nitrogens is 1. The van der Waals surface area contributed by atoms with Crippen molar-refractivity contribution in [2.45, 2.75) is 13.8 Å². The predicted octanol–water partition coefficient (Wildman–Crippen LogP) is 3.07. The Kier molecular flexibility index (Phi) is 2.77. The van der Waals surface area contributed by atoms with Gasteiger partial charge < -0.3 is 10.5 Å². The van der Waals surface area contributed by atoms with Crippen LogP contribution in [0.1, 0.15) is 11.1 Å². The van der Waals surface area contributed by atoms with E-state index >= 15 is 0 Å². The second kappa shape index (κ2) is 4.23. The first-order valence-corrected chi connectivity index (χ1v) is 5.12. The lowest BCUT2D eigenvalue weighted by molar-refractivity contribution is 0.459. The Morgan fingerprint density at radius 1 is 1.12 bits per heavy atom. The quantitative estimate of drug-likeness (QED) is 0.781. The highest BCUT2D eigenvalue weighted by molar-refractivity contribution is 5.48. The lowest BCUT2D eigenvalue weighted by Gasteiger charge is -2.08. The maximum atomic E-state index is 5.70. The van der Waals surface area contributed by atoms with Gasteiger partial charge in [-0.25, -0.2) is 4.98 Å². The second-order valence-electron chi connectivity index (χ2n) is 3.80. The van der Waals surface area contributed by atoms with Gasteiger partial charge in [0.2, 0.25) is 5.88 Å². The van der Waals surface area contributed by atoms with Gasteiger partial charge in [-0.1, -0.05) is 12.1 Å². The van der Waals surface area contributed by atoms with E-state index in [2.05, 4.69) is 4.98 Å². The van der Waals surface area contributed by atoms with E-state index in [1.54, 1.807) is 12.3 Å². The topological polar surface area (TPSA) is 48.1 Å². The van der Waals surface area contributed by atoms with Gasteiger partial charge >= 0.3 is 0 Å². The highest BCUT2D eigenvalue weighted by Crippen LogP contribution is 2.25. The maximum Gasteiger partial charge on any atom is 0.219 e. The monoisotopic (exact) mass is 214 g/mol. The van der Waals surface area contributed by atoms with Crippen LogP contribution in [0.25, 0.3) is 0 Å². The summed E-state index contributed by atoms with van der Waals surface area (Å²) in [5.41, 5.74) is 8.54. The van der Waals surface area contributed by atoms with E-state index < -0.39 is 0 Å². The van der Waals surface area contributed by atoms with Crippen molar-refractivity contribution in [3.8, 4) is 11.6 Å². The molecule has 1 aromatic heterocycles. The molecule has 3 nitrogen and oxygen atoms in total. The minimum absolute atomic E-state index is 0.583. The fraction of sp³-hybridized carbons (Fsp3) is 0.154. The van der Waals surface area contributed by atoms with E-state index in [9.17, 15) is 0 Å². The van der Waals surface area contributed by atoms with Gasteiger partial charge in [-0.15, -0.1) is 0 Å². The van der Waals surface area contributed by atoms with E-state index in [1.165, 1.54) is 0 Å². The largest absolute Gasteiger partial charge is 0.439 e. The zero-order valence-corrected chi connectivity index (χ0v) is 9.40. The van der Waals surface area contributed by atoms with Crippen LogP contribution in [0.5, 0.6) is 11.6 Å². The molecule has 0 unspecified atom stereocenters. The molecule has 0 saturated heterocycles. The fourth-order valence-electron chi connectivity index (χ4n) is 1.35. The Bertz CT molecular complexity index is 492. The highest BCUT2D eigenvalue weighted by atomic mass is 16.5. The molecule has 3 heteroatoms. The number of aryl methyl sites for hydroxylation is 2. The number of pyridine rings is 1. The van der Waals surface area contributed by atoms with Crippen LogP contribution in [0.4, 0.5) is 5.69 Å². The van der Waals surface area contributed by atoms with Crippen molar-refractivity contribution >= 4 is 5.69 Å². The summed E-state index contributed by atoms with van der Waals surface area (Å²) >= 11 is 0. The van der Waals surface area contributed by atoms with Crippen molar-refractivity contribution in [1.82, 2.24) is 4.98 Å². The summed E-state index contributed by atoms with van der Waals surface area (Å²) in [5, 5.41) is 0. The highest BCUT2D eigenvalue weighted by Gasteiger charge is 2.02. The van der Waals surface area contributed by atoms with Crippen LogP contribution in [0.15, 0.2) is 36.5 Å². The van der Waals surface area contributed by atoms with E-state index in [0.717, 1.165) is 16.9 Å². The van der Waals surface area contributed by atoms with Crippen LogP contribution in [0.2, 0.25) is 0 Å². The van der Waals surface area contributed by atoms with Crippen molar-refractivity contribution in [2.24, 2.45) is 0 Å². The van der Waals surface area contributed by atoms with E-state index in [4.69, 9.17) is 10.5 Å². The molecule has 2 aromatic rings. The molecule has 0 fully saturated rings. The number of benzene rings is 1. The lowest BCUT2D eigenvalue weighted by atomic mass is 10.2. The molecule has 1 aromatic carbocycles. The number of nitrogens with zero attached hydrogens (tertiary/aromatic N) is 1. The van der Waals surface area contributed by atoms with E-state index in [-0.39, 0.29) is 0 Å². The summed E-state index contributed by atoms with van der Waals surface area (Å²) in [6.07, 6.45) is 1.77. The summed E-state index contributed by atoms with van der Waals surface area (Å²) in [7, 11) is 0. The Morgan fingerprint density at radius 2 is 1.94 bits per heavy atom. The molecule has 0 atom stereocenters. The average Bonchev–Trinajstić information content (AvgIpc) is 2.27. The van der Waals surface area contributed by atoms with Gasteiger partial charge in [-0.05, 0) is 31.0 Å². The van der Waals surface area contributed by atoms with Crippen LogP contribution in [-0.4, -0.2) is 4.98 Å². The van der Waals surface area contributed by atoms with Crippen LogP contribution < -0.4 is 10.5 Å². The van der Waals surface area contributed by atoms with E-state index in [0.29, 0.717) is 11.6 Å². The molecule has 1 heterocycles. The first-order chi connectivity index (χ1) is 7.65. The second-order valence-corrected chi connectivity index (χ2v) is 3.80. The molecule has 82 valence electrons. The summed E-state index contributed by atoms with van der Waals surface area (Å²) in [6.45, 7) is 3.96. The van der Waals surface area contributed by atoms with Gasteiger partial charge in [0, 0.05) is 24.0 Å². The summed E-state index contributed by atoms with van der Waals surface area (Å²) in [5.74, 6) is 1.33. The standard InChI is InChI=1S/C13H14N2O/c1-9-3-6-13(15-8-9)16-12-7-11(14)5-4-10(12)2/h3-8H,14H2,1-2H3. The minimum Gasteiger partial charge on any atom is -0.439 e. The Hall–Kier alpha value is -2.03. The molecule has 0 radical (unpaired) electrons. The number of anilines is 1. The number of nitrogens with two attached hydrogens (primary N) is 1. The number of hydrogen-bond donors (Lipinski definition) is 1. The van der Waals surface area contributed by atoms with Gasteiger partial charge in [-0.2, -0.15) is 0 Å². The predicted molar refractivity (Wildman–Crippen MR) is 64.6 cm³/mol. The first-order valence-electron chi connectivity index (χ1n) is 5.12. The van der Waals surface area contributed by atoms with Gasteiger partial charge in [0.05, 0.1) is 0 Å². The Morgan fingerprint density at radius 3 is 2.62 bits per heavy atom. The molecule has 0 aliphatic heterocycles. The summed E-state index contributed by atoms with van der Waals surface area (Å²) in [4.78, 5) is 4.18. The number of hydrogen-bond acceptors (Lipinski definition) is 3. The molecule has 0 aliphatic carbocycles. The van der Waals surface area contributed by atoms with Crippen LogP contribution in [0, 0.1) is 13.8 Å². The fourth-order valence-corrected chi connectivity index (χ4v) is 1.35. The third-order valence-corrected chi connectivity index (χ3v) is 2.31. The normalized spacial score (nSPS) is 10.1. The van der Waals surface area contributed by atoms with Crippen LogP contribution in [0.3, 0.4) is 0 Å². The zero-order chi connectivity index (χ0) is 11.5. The van der Waals surface area contributed by atoms with Gasteiger partial charge in [-0.3, -0.25) is 0 Å².